The van der Waals surface area contributed by atoms with E-state index in [-0.39, 0.29) is 18.6 Å². The standard InChI is InChI=1S/C16H20N2O2S2/c1-11(7-8-19)17-16(20)14-5-3-4-6-15(14)22-10-13-9-21-12(2)18-13/h3-6,9,11,19H,7-8,10H2,1-2H3,(H,17,20). The molecule has 2 aromatic rings. The first-order valence-electron chi connectivity index (χ1n) is 7.14. The van der Waals surface area contributed by atoms with Gasteiger partial charge in [0.15, 0.2) is 0 Å². The molecule has 0 bridgehead atoms. The fraction of sp³-hybridized carbons (Fsp3) is 0.375. The van der Waals surface area contributed by atoms with Crippen LogP contribution in [0.25, 0.3) is 0 Å². The molecule has 1 unspecified atom stereocenters. The summed E-state index contributed by atoms with van der Waals surface area (Å²) >= 11 is 3.25. The second kappa shape index (κ2) is 8.31. The zero-order chi connectivity index (χ0) is 15.9. The maximum atomic E-state index is 12.3. The fourth-order valence-electron chi connectivity index (χ4n) is 1.97. The molecule has 2 N–H and O–H groups in total. The van der Waals surface area contributed by atoms with Crippen LogP contribution in [-0.2, 0) is 5.75 Å². The number of aliphatic hydroxyl groups is 1. The van der Waals surface area contributed by atoms with Crippen molar-refractivity contribution in [2.75, 3.05) is 6.61 Å². The number of carbonyl (C=O) groups is 1. The molecule has 0 aliphatic rings. The summed E-state index contributed by atoms with van der Waals surface area (Å²) in [5.74, 6) is 0.652. The van der Waals surface area contributed by atoms with Crippen LogP contribution in [0.1, 0.15) is 34.4 Å². The minimum Gasteiger partial charge on any atom is -0.396 e. The largest absolute Gasteiger partial charge is 0.396 e. The minimum atomic E-state index is -0.0986. The molecule has 1 amide bonds. The van der Waals surface area contributed by atoms with Crippen LogP contribution in [0.4, 0.5) is 0 Å². The van der Waals surface area contributed by atoms with E-state index in [1.807, 2.05) is 43.5 Å². The Morgan fingerprint density at radius 3 is 2.91 bits per heavy atom. The number of thiazole rings is 1. The van der Waals surface area contributed by atoms with E-state index in [1.54, 1.807) is 23.1 Å². The number of aliphatic hydroxyl groups excluding tert-OH is 1. The first-order valence-corrected chi connectivity index (χ1v) is 9.01. The molecule has 0 fully saturated rings. The number of hydrogen-bond donors (Lipinski definition) is 2. The van der Waals surface area contributed by atoms with E-state index < -0.39 is 0 Å². The molecule has 0 spiro atoms. The van der Waals surface area contributed by atoms with Crippen molar-refractivity contribution in [3.8, 4) is 0 Å². The monoisotopic (exact) mass is 336 g/mol. The van der Waals surface area contributed by atoms with E-state index in [0.717, 1.165) is 21.3 Å². The van der Waals surface area contributed by atoms with E-state index in [9.17, 15) is 4.79 Å². The summed E-state index contributed by atoms with van der Waals surface area (Å²) < 4.78 is 0. The van der Waals surface area contributed by atoms with Crippen LogP contribution in [0.15, 0.2) is 34.5 Å². The molecule has 0 radical (unpaired) electrons. The van der Waals surface area contributed by atoms with Gasteiger partial charge in [-0.1, -0.05) is 12.1 Å². The number of rotatable bonds is 7. The van der Waals surface area contributed by atoms with Crippen LogP contribution in [0.3, 0.4) is 0 Å². The molecule has 1 heterocycles. The first-order chi connectivity index (χ1) is 10.6. The topological polar surface area (TPSA) is 62.2 Å². The lowest BCUT2D eigenvalue weighted by Crippen LogP contribution is -2.33. The highest BCUT2D eigenvalue weighted by atomic mass is 32.2. The van der Waals surface area contributed by atoms with Gasteiger partial charge >= 0.3 is 0 Å². The average molecular weight is 336 g/mol. The molecule has 1 atom stereocenters. The summed E-state index contributed by atoms with van der Waals surface area (Å²) in [6.07, 6.45) is 0.555. The van der Waals surface area contributed by atoms with Gasteiger partial charge in [-0.2, -0.15) is 0 Å². The van der Waals surface area contributed by atoms with Gasteiger partial charge in [0.1, 0.15) is 0 Å². The zero-order valence-electron chi connectivity index (χ0n) is 12.7. The molecular weight excluding hydrogens is 316 g/mol. The molecule has 2 rings (SSSR count). The van der Waals surface area contributed by atoms with Crippen molar-refractivity contribution >= 4 is 29.0 Å². The molecule has 0 aliphatic carbocycles. The van der Waals surface area contributed by atoms with Gasteiger partial charge in [0.2, 0.25) is 0 Å². The normalized spacial score (nSPS) is 12.1. The molecule has 0 saturated carbocycles. The Morgan fingerprint density at radius 1 is 1.45 bits per heavy atom. The second-order valence-corrected chi connectivity index (χ2v) is 7.11. The molecule has 1 aromatic carbocycles. The number of hydrogen-bond acceptors (Lipinski definition) is 5. The van der Waals surface area contributed by atoms with Crippen molar-refractivity contribution < 1.29 is 9.90 Å². The van der Waals surface area contributed by atoms with Gasteiger partial charge in [-0.15, -0.1) is 23.1 Å². The Balaban J connectivity index is 2.04. The number of amides is 1. The van der Waals surface area contributed by atoms with Crippen molar-refractivity contribution in [1.82, 2.24) is 10.3 Å². The van der Waals surface area contributed by atoms with Crippen LogP contribution in [0.2, 0.25) is 0 Å². The Kier molecular flexibility index (Phi) is 6.42. The number of nitrogens with zero attached hydrogens (tertiary/aromatic N) is 1. The lowest BCUT2D eigenvalue weighted by molar-refractivity contribution is 0.0931. The Labute approximate surface area is 139 Å². The highest BCUT2D eigenvalue weighted by molar-refractivity contribution is 7.98. The Morgan fingerprint density at radius 2 is 2.23 bits per heavy atom. The molecule has 118 valence electrons. The summed E-state index contributed by atoms with van der Waals surface area (Å²) in [5.41, 5.74) is 1.71. The molecule has 0 aliphatic heterocycles. The third-order valence-electron chi connectivity index (χ3n) is 3.11. The van der Waals surface area contributed by atoms with E-state index in [1.165, 1.54) is 0 Å². The third kappa shape index (κ3) is 4.83. The fourth-order valence-corrected chi connectivity index (χ4v) is 3.63. The summed E-state index contributed by atoms with van der Waals surface area (Å²) in [6.45, 7) is 3.95. The van der Waals surface area contributed by atoms with Crippen molar-refractivity contribution in [2.24, 2.45) is 0 Å². The number of nitrogens with one attached hydrogen (secondary N) is 1. The van der Waals surface area contributed by atoms with Crippen molar-refractivity contribution in [2.45, 2.75) is 37.0 Å². The summed E-state index contributed by atoms with van der Waals surface area (Å²) in [7, 11) is 0. The van der Waals surface area contributed by atoms with Gasteiger partial charge in [-0.25, -0.2) is 4.98 Å². The van der Waals surface area contributed by atoms with E-state index >= 15 is 0 Å². The molecule has 1 aromatic heterocycles. The molecule has 4 nitrogen and oxygen atoms in total. The number of thioether (sulfide) groups is 1. The van der Waals surface area contributed by atoms with Gasteiger partial charge < -0.3 is 10.4 Å². The number of carbonyl (C=O) groups excluding carboxylic acids is 1. The predicted octanol–water partition coefficient (Wildman–Crippen LogP) is 3.24. The number of benzene rings is 1. The van der Waals surface area contributed by atoms with Crippen molar-refractivity contribution in [3.05, 3.63) is 45.9 Å². The quantitative estimate of drug-likeness (QED) is 0.762. The maximum absolute atomic E-state index is 12.3. The molecule has 0 saturated heterocycles. The van der Waals surface area contributed by atoms with Gasteiger partial charge in [0.05, 0.1) is 16.3 Å². The highest BCUT2D eigenvalue weighted by Crippen LogP contribution is 2.26. The lowest BCUT2D eigenvalue weighted by Gasteiger charge is -2.14. The van der Waals surface area contributed by atoms with Crippen LogP contribution in [0.5, 0.6) is 0 Å². The molecular formula is C16H20N2O2S2. The van der Waals surface area contributed by atoms with E-state index in [0.29, 0.717) is 12.0 Å². The van der Waals surface area contributed by atoms with Gasteiger partial charge in [-0.3, -0.25) is 4.79 Å². The predicted molar refractivity (Wildman–Crippen MR) is 91.5 cm³/mol. The van der Waals surface area contributed by atoms with E-state index in [4.69, 9.17) is 5.11 Å². The average Bonchev–Trinajstić information content (AvgIpc) is 2.91. The first kappa shape index (κ1) is 17.0. The van der Waals surface area contributed by atoms with E-state index in [2.05, 4.69) is 10.3 Å². The summed E-state index contributed by atoms with van der Waals surface area (Å²) in [4.78, 5) is 17.7. The van der Waals surface area contributed by atoms with Crippen LogP contribution in [-0.4, -0.2) is 28.6 Å². The third-order valence-corrected chi connectivity index (χ3v) is 5.04. The number of aromatic nitrogens is 1. The maximum Gasteiger partial charge on any atom is 0.252 e. The molecule has 22 heavy (non-hydrogen) atoms. The second-order valence-electron chi connectivity index (χ2n) is 5.03. The van der Waals surface area contributed by atoms with Gasteiger partial charge in [0, 0.05) is 28.7 Å². The van der Waals surface area contributed by atoms with Crippen molar-refractivity contribution in [1.29, 1.82) is 0 Å². The van der Waals surface area contributed by atoms with Crippen LogP contribution >= 0.6 is 23.1 Å². The highest BCUT2D eigenvalue weighted by Gasteiger charge is 2.14. The lowest BCUT2D eigenvalue weighted by atomic mass is 10.2. The Hall–Kier alpha value is -1.37. The van der Waals surface area contributed by atoms with Crippen LogP contribution in [0, 0.1) is 6.92 Å². The van der Waals surface area contributed by atoms with Gasteiger partial charge in [0.25, 0.3) is 5.91 Å². The zero-order valence-corrected chi connectivity index (χ0v) is 14.3. The van der Waals surface area contributed by atoms with Crippen LogP contribution < -0.4 is 5.32 Å². The Bertz CT molecular complexity index is 628. The van der Waals surface area contributed by atoms with Gasteiger partial charge in [-0.05, 0) is 32.4 Å². The smallest absolute Gasteiger partial charge is 0.252 e. The molecule has 6 heteroatoms. The summed E-state index contributed by atoms with van der Waals surface area (Å²) in [6, 6.07) is 7.54. The SMILES string of the molecule is Cc1nc(CSc2ccccc2C(=O)NC(C)CCO)cs1. The summed E-state index contributed by atoms with van der Waals surface area (Å²) in [5, 5.41) is 14.9. The number of aryl methyl sites for hydroxylation is 1. The minimum absolute atomic E-state index is 0.0447. The van der Waals surface area contributed by atoms with Crippen molar-refractivity contribution in [3.63, 3.8) is 0 Å².